The van der Waals surface area contributed by atoms with Crippen LogP contribution in [0.4, 0.5) is 19.0 Å². The maximum Gasteiger partial charge on any atom is 0.418 e. The van der Waals surface area contributed by atoms with Gasteiger partial charge in [0.15, 0.2) is 5.03 Å². The van der Waals surface area contributed by atoms with E-state index < -0.39 is 33.9 Å². The first-order chi connectivity index (χ1) is 20.3. The van der Waals surface area contributed by atoms with Gasteiger partial charge in [-0.25, -0.2) is 13.4 Å². The first-order valence-electron chi connectivity index (χ1n) is 14.2. The molecule has 0 saturated carbocycles. The highest BCUT2D eigenvalue weighted by atomic mass is 32.2. The summed E-state index contributed by atoms with van der Waals surface area (Å²) in [5.41, 5.74) is -1.33. The first kappa shape index (κ1) is 34.0. The summed E-state index contributed by atoms with van der Waals surface area (Å²) >= 11 is 0. The second-order valence-corrected chi connectivity index (χ2v) is 12.5. The highest BCUT2D eigenvalue weighted by Gasteiger charge is 2.38. The van der Waals surface area contributed by atoms with Gasteiger partial charge in [0.2, 0.25) is 0 Å². The van der Waals surface area contributed by atoms with Gasteiger partial charge in [0.25, 0.3) is 10.0 Å². The third-order valence-corrected chi connectivity index (χ3v) is 8.24. The van der Waals surface area contributed by atoms with E-state index >= 15 is 0 Å². The van der Waals surface area contributed by atoms with E-state index in [1.807, 2.05) is 4.90 Å². The van der Waals surface area contributed by atoms with Crippen molar-refractivity contribution in [2.24, 2.45) is 10.4 Å². The van der Waals surface area contributed by atoms with Crippen molar-refractivity contribution in [2.75, 3.05) is 31.3 Å². The highest BCUT2D eigenvalue weighted by molar-refractivity contribution is 7.89. The summed E-state index contributed by atoms with van der Waals surface area (Å²) in [6, 6.07) is 11.2. The van der Waals surface area contributed by atoms with E-state index in [0.29, 0.717) is 24.3 Å². The van der Waals surface area contributed by atoms with Gasteiger partial charge >= 0.3 is 12.1 Å². The van der Waals surface area contributed by atoms with Crippen LogP contribution in [0.3, 0.4) is 0 Å². The van der Waals surface area contributed by atoms with Gasteiger partial charge in [-0.1, -0.05) is 55.8 Å². The number of allylic oxidation sites excluding steroid dienone is 3. The molecule has 0 spiro atoms. The molecule has 1 aliphatic rings. The van der Waals surface area contributed by atoms with Gasteiger partial charge in [0.05, 0.1) is 23.3 Å². The second kappa shape index (κ2) is 14.8. The number of sulfonamides is 1. The fourth-order valence-electron chi connectivity index (χ4n) is 4.82. The molecule has 1 aliphatic heterocycles. The number of benzene rings is 1. The van der Waals surface area contributed by atoms with Crippen molar-refractivity contribution in [3.63, 3.8) is 0 Å². The molecule has 2 aromatic rings. The number of carbonyl (C=O) groups is 1. The SMILES string of the molecule is C=C/C=C(\C1=N/CNS(=O)(=O)c2cccc(n2)N(CC(C)(C)C(=O)OCC)CCCCCCc2ccccc21)C(F)(F)F.[HH]. The van der Waals surface area contributed by atoms with Crippen molar-refractivity contribution in [1.29, 1.82) is 0 Å². The van der Waals surface area contributed by atoms with Gasteiger partial charge in [-0.2, -0.15) is 17.9 Å². The van der Waals surface area contributed by atoms with E-state index in [0.717, 1.165) is 37.8 Å². The number of pyridine rings is 1. The zero-order valence-corrected chi connectivity index (χ0v) is 25.6. The number of ether oxygens (including phenoxy) is 1. The molecule has 3 rings (SSSR count). The van der Waals surface area contributed by atoms with Crippen LogP contribution in [0.2, 0.25) is 0 Å². The average molecular weight is 623 g/mol. The number of halogens is 3. The Bertz CT molecular complexity index is 1460. The number of aliphatic imine (C=N–C) groups is 1. The van der Waals surface area contributed by atoms with Gasteiger partial charge in [-0.05, 0) is 63.8 Å². The van der Waals surface area contributed by atoms with Crippen molar-refractivity contribution < 1.29 is 32.5 Å². The summed E-state index contributed by atoms with van der Waals surface area (Å²) in [5, 5.41) is -0.317. The Balaban J connectivity index is 0.00000675. The third kappa shape index (κ3) is 9.24. The molecule has 0 radical (unpaired) electrons. The van der Waals surface area contributed by atoms with Gasteiger partial charge < -0.3 is 9.64 Å². The summed E-state index contributed by atoms with van der Waals surface area (Å²) in [6.45, 7) is 9.02. The summed E-state index contributed by atoms with van der Waals surface area (Å²) in [6.07, 6.45) is 0.707. The molecule has 0 aliphatic carbocycles. The van der Waals surface area contributed by atoms with E-state index in [1.54, 1.807) is 51.1 Å². The lowest BCUT2D eigenvalue weighted by Crippen LogP contribution is -2.41. The number of rotatable bonds is 6. The quantitative estimate of drug-likeness (QED) is 0.303. The number of hydrogen-bond acceptors (Lipinski definition) is 7. The monoisotopic (exact) mass is 622 g/mol. The number of anilines is 1. The molecule has 2 bridgehead atoms. The van der Waals surface area contributed by atoms with E-state index in [4.69, 9.17) is 4.74 Å². The minimum Gasteiger partial charge on any atom is -0.466 e. The molecule has 43 heavy (non-hydrogen) atoms. The summed E-state index contributed by atoms with van der Waals surface area (Å²) in [7, 11) is -4.27. The predicted octanol–water partition coefficient (Wildman–Crippen LogP) is 6.24. The summed E-state index contributed by atoms with van der Waals surface area (Å²) in [5.74, 6) is -0.0191. The molecule has 2 heterocycles. The topological polar surface area (TPSA) is 101 Å². The van der Waals surface area contributed by atoms with Gasteiger partial charge in [-0.15, -0.1) is 0 Å². The standard InChI is InChI=1S/C31H39F3N4O4S.H2/c1-5-14-25(31(32,33)34)28-24-17-11-10-16-23(24)15-9-7-8-12-20-38(21-30(3,4)29(39)42-6-2)26-18-13-19-27(37-26)43(40,41)36-22-35-28;/h5,10-11,13-14,16-19,36H,1,6-9,12,15,20-22H2,2-4H3;1H/b25-14+,35-28-;. The minimum atomic E-state index is -4.76. The molecule has 0 fully saturated rings. The van der Waals surface area contributed by atoms with Crippen LogP contribution >= 0.6 is 0 Å². The maximum atomic E-state index is 14.2. The van der Waals surface area contributed by atoms with E-state index in [1.165, 1.54) is 12.1 Å². The molecule has 0 saturated heterocycles. The van der Waals surface area contributed by atoms with Crippen LogP contribution in [0.25, 0.3) is 0 Å². The molecule has 0 atom stereocenters. The fourth-order valence-corrected chi connectivity index (χ4v) is 5.68. The van der Waals surface area contributed by atoms with Crippen LogP contribution in [0.15, 0.2) is 76.8 Å². The van der Waals surface area contributed by atoms with Crippen molar-refractivity contribution in [3.05, 3.63) is 77.9 Å². The van der Waals surface area contributed by atoms with Crippen molar-refractivity contribution in [2.45, 2.75) is 64.1 Å². The van der Waals surface area contributed by atoms with Crippen LogP contribution in [-0.4, -0.2) is 57.6 Å². The number of hydrogen-bond donors (Lipinski definition) is 1. The lowest BCUT2D eigenvalue weighted by Gasteiger charge is -2.32. The Labute approximate surface area is 253 Å². The third-order valence-electron chi connectivity index (χ3n) is 6.96. The molecular weight excluding hydrogens is 581 g/mol. The lowest BCUT2D eigenvalue weighted by molar-refractivity contribution is -0.152. The maximum absolute atomic E-state index is 14.2. The number of carbonyl (C=O) groups excluding carboxylic acids is 1. The van der Waals surface area contributed by atoms with Gasteiger partial charge in [0.1, 0.15) is 12.5 Å². The Morgan fingerprint density at radius 3 is 2.53 bits per heavy atom. The second-order valence-electron chi connectivity index (χ2n) is 10.8. The molecule has 12 heteroatoms. The smallest absolute Gasteiger partial charge is 0.418 e. The average Bonchev–Trinajstić information content (AvgIpc) is 2.95. The number of aryl methyl sites for hydroxylation is 1. The molecule has 1 aromatic heterocycles. The zero-order chi connectivity index (χ0) is 31.7. The number of esters is 1. The Morgan fingerprint density at radius 2 is 1.84 bits per heavy atom. The summed E-state index contributed by atoms with van der Waals surface area (Å²) < 4.78 is 76.6. The van der Waals surface area contributed by atoms with E-state index in [-0.39, 0.29) is 36.8 Å². The molecule has 0 amide bonds. The number of nitrogens with one attached hydrogen (secondary N) is 1. The van der Waals surface area contributed by atoms with Crippen LogP contribution in [0.5, 0.6) is 0 Å². The molecule has 8 nitrogen and oxygen atoms in total. The van der Waals surface area contributed by atoms with E-state index in [2.05, 4.69) is 21.3 Å². The Kier molecular flexibility index (Phi) is 11.7. The molecule has 236 valence electrons. The van der Waals surface area contributed by atoms with Crippen molar-refractivity contribution in [3.8, 4) is 0 Å². The van der Waals surface area contributed by atoms with E-state index in [9.17, 15) is 26.4 Å². The highest BCUT2D eigenvalue weighted by Crippen LogP contribution is 2.31. The number of alkyl halides is 3. The number of fused-ring (bicyclic) bond motifs is 3. The normalized spacial score (nSPS) is 18.5. The minimum absolute atomic E-state index is 0. The van der Waals surface area contributed by atoms with Gasteiger partial charge in [0, 0.05) is 20.1 Å². The molecule has 1 N–H and O–H groups in total. The summed E-state index contributed by atoms with van der Waals surface area (Å²) in [4.78, 5) is 23.0. The molecule has 1 aromatic carbocycles. The fraction of sp³-hybridized carbons (Fsp3) is 0.452. The first-order valence-corrected chi connectivity index (χ1v) is 15.7. The lowest BCUT2D eigenvalue weighted by atomic mass is 9.92. The predicted molar refractivity (Wildman–Crippen MR) is 164 cm³/mol. The molecular formula is C31H41F3N4O4S. The van der Waals surface area contributed by atoms with Gasteiger partial charge in [-0.3, -0.25) is 9.79 Å². The zero-order valence-electron chi connectivity index (χ0n) is 24.8. The van der Waals surface area contributed by atoms with Crippen LogP contribution in [-0.2, 0) is 26.0 Å². The largest absolute Gasteiger partial charge is 0.466 e. The molecule has 0 unspecified atom stereocenters. The Hall–Kier alpha value is -3.51. The van der Waals surface area contributed by atoms with Crippen LogP contribution in [0, 0.1) is 5.41 Å². The number of aromatic nitrogens is 1. The van der Waals surface area contributed by atoms with Crippen molar-refractivity contribution >= 4 is 27.5 Å². The number of nitrogens with zero attached hydrogens (tertiary/aromatic N) is 3. The van der Waals surface area contributed by atoms with Crippen LogP contribution in [0.1, 0.15) is 59.0 Å². The van der Waals surface area contributed by atoms with Crippen LogP contribution < -0.4 is 9.62 Å². The Morgan fingerprint density at radius 1 is 1.12 bits per heavy atom. The van der Waals surface area contributed by atoms with Crippen molar-refractivity contribution in [1.82, 2.24) is 9.71 Å².